The number of hydrogen-bond acceptors (Lipinski definition) is 8. The number of nitrogens with zero attached hydrogens (tertiary/aromatic N) is 1. The van der Waals surface area contributed by atoms with Gasteiger partial charge in [-0.05, 0) is 83.5 Å². The quantitative estimate of drug-likeness (QED) is 0.0195. The molecule has 0 aliphatic heterocycles. The van der Waals surface area contributed by atoms with Crippen LogP contribution in [0.25, 0.3) is 0 Å². The maximum Gasteiger partial charge on any atom is 0.306 e. The van der Waals surface area contributed by atoms with Crippen LogP contribution in [-0.2, 0) is 32.7 Å². The predicted octanol–water partition coefficient (Wildman–Crippen LogP) is 22.8. The lowest BCUT2D eigenvalue weighted by Crippen LogP contribution is -2.37. The van der Waals surface area contributed by atoms with E-state index in [9.17, 15) is 19.0 Å². The summed E-state index contributed by atoms with van der Waals surface area (Å²) in [6.07, 6.45) is 85.9. The van der Waals surface area contributed by atoms with E-state index < -0.39 is 26.5 Å². The summed E-state index contributed by atoms with van der Waals surface area (Å²) in [6.45, 7) is 4.27. The monoisotopic (exact) mass is 1200 g/mol. The Morgan fingerprint density at radius 3 is 0.952 bits per heavy atom. The zero-order valence-electron chi connectivity index (χ0n) is 56.1. The van der Waals surface area contributed by atoms with E-state index in [2.05, 4.69) is 74.6 Å². The highest BCUT2D eigenvalue weighted by Gasteiger charge is 2.22. The first-order valence-electron chi connectivity index (χ1n) is 36.0. The van der Waals surface area contributed by atoms with E-state index in [1.807, 2.05) is 21.1 Å². The summed E-state index contributed by atoms with van der Waals surface area (Å²) in [5.41, 5.74) is 0. The standard InChI is InChI=1S/C74H138NO8P/c1-6-8-10-12-14-16-18-20-22-24-26-28-30-32-34-36-37-39-41-43-45-47-49-51-53-55-57-59-61-63-65-67-74(77)83-72(71-82-84(78,79)81-69-68-75(3,4)5)70-80-73(76)66-64-62-60-58-56-54-52-50-48-46-44-42-40-38-35-33-31-29-27-25-23-21-19-17-15-13-11-9-7-2/h18-21,24-27,30,32,72H,6-17,22-23,28-29,31,33-71H2,1-5H3/b20-18-,21-19-,26-24-,27-25-,32-30-. The lowest BCUT2D eigenvalue weighted by molar-refractivity contribution is -0.870. The largest absolute Gasteiger partial charge is 0.756 e. The number of carbonyl (C=O) groups is 2. The maximum atomic E-state index is 12.9. The Morgan fingerprint density at radius 1 is 0.369 bits per heavy atom. The van der Waals surface area contributed by atoms with Crippen molar-refractivity contribution in [3.05, 3.63) is 60.8 Å². The normalized spacial score (nSPS) is 13.5. The summed E-state index contributed by atoms with van der Waals surface area (Å²) >= 11 is 0. The molecule has 2 atom stereocenters. The molecule has 0 aliphatic rings. The Morgan fingerprint density at radius 2 is 0.643 bits per heavy atom. The summed E-state index contributed by atoms with van der Waals surface area (Å²) in [4.78, 5) is 38.1. The third kappa shape index (κ3) is 68.8. The van der Waals surface area contributed by atoms with Gasteiger partial charge in [0.05, 0.1) is 27.7 Å². The van der Waals surface area contributed by atoms with E-state index in [0.717, 1.165) is 57.8 Å². The van der Waals surface area contributed by atoms with Gasteiger partial charge in [0.2, 0.25) is 0 Å². The topological polar surface area (TPSA) is 111 Å². The predicted molar refractivity (Wildman–Crippen MR) is 360 cm³/mol. The minimum absolute atomic E-state index is 0.0301. The van der Waals surface area contributed by atoms with E-state index in [1.165, 1.54) is 257 Å². The molecular formula is C74H138NO8P. The van der Waals surface area contributed by atoms with Crippen LogP contribution in [0.4, 0.5) is 0 Å². The fourth-order valence-electron chi connectivity index (χ4n) is 10.5. The number of quaternary nitrogens is 1. The molecule has 0 fully saturated rings. The molecule has 0 heterocycles. The number of carbonyl (C=O) groups excluding carboxylic acids is 2. The van der Waals surface area contributed by atoms with Crippen molar-refractivity contribution in [1.29, 1.82) is 0 Å². The molecule has 10 heteroatoms. The number of hydrogen-bond donors (Lipinski definition) is 0. The molecule has 0 aliphatic carbocycles. The molecule has 0 N–H and O–H groups in total. The van der Waals surface area contributed by atoms with Gasteiger partial charge in [-0.15, -0.1) is 0 Å². The third-order valence-corrected chi connectivity index (χ3v) is 17.0. The van der Waals surface area contributed by atoms with Gasteiger partial charge in [-0.3, -0.25) is 14.2 Å². The average Bonchev–Trinajstić information content (AvgIpc) is 3.61. The SMILES string of the molecule is CCCCCCC/C=C\C/C=C\C/C=C\CCCCCCCCCCCCCCCCCCC(=O)OC(COC(=O)CCCCCCCCCCCCCCCCCCC/C=C\C/C=C\CCCCCCC)COP(=O)([O-])OCC[N+](C)(C)C. The van der Waals surface area contributed by atoms with Crippen LogP contribution in [0.5, 0.6) is 0 Å². The number of phosphoric acid groups is 1. The highest BCUT2D eigenvalue weighted by molar-refractivity contribution is 7.45. The summed E-state index contributed by atoms with van der Waals surface area (Å²) < 4.78 is 34.4. The lowest BCUT2D eigenvalue weighted by atomic mass is 10.0. The second kappa shape index (κ2) is 65.2. The Bertz CT molecular complexity index is 1600. The number of esters is 2. The molecule has 0 bridgehead atoms. The van der Waals surface area contributed by atoms with Crippen LogP contribution < -0.4 is 4.89 Å². The van der Waals surface area contributed by atoms with Crippen molar-refractivity contribution in [2.45, 2.75) is 354 Å². The number of unbranched alkanes of at least 4 members (excludes halogenated alkanes) is 43. The first kappa shape index (κ1) is 81.7. The van der Waals surface area contributed by atoms with E-state index in [4.69, 9.17) is 18.5 Å². The Balaban J connectivity index is 4.01. The van der Waals surface area contributed by atoms with E-state index in [0.29, 0.717) is 17.4 Å². The fourth-order valence-corrected chi connectivity index (χ4v) is 11.2. The summed E-state index contributed by atoms with van der Waals surface area (Å²) in [5.74, 6) is -0.817. The second-order valence-electron chi connectivity index (χ2n) is 25.6. The van der Waals surface area contributed by atoms with Crippen LogP contribution in [-0.4, -0.2) is 70.0 Å². The minimum Gasteiger partial charge on any atom is -0.756 e. The van der Waals surface area contributed by atoms with Crippen molar-refractivity contribution in [2.75, 3.05) is 47.5 Å². The summed E-state index contributed by atoms with van der Waals surface area (Å²) in [6, 6.07) is 0. The van der Waals surface area contributed by atoms with Gasteiger partial charge in [-0.1, -0.05) is 312 Å². The van der Waals surface area contributed by atoms with Crippen LogP contribution in [0, 0.1) is 0 Å². The number of likely N-dealkylation sites (N-methyl/N-ethyl adjacent to an activating group) is 1. The molecule has 0 rings (SSSR count). The molecule has 2 unspecified atom stereocenters. The van der Waals surface area contributed by atoms with E-state index in [1.54, 1.807) is 0 Å². The van der Waals surface area contributed by atoms with Gasteiger partial charge in [0, 0.05) is 12.8 Å². The van der Waals surface area contributed by atoms with Gasteiger partial charge in [0.25, 0.3) is 7.82 Å². The molecule has 0 saturated heterocycles. The van der Waals surface area contributed by atoms with Gasteiger partial charge in [0.15, 0.2) is 6.10 Å². The van der Waals surface area contributed by atoms with Crippen molar-refractivity contribution in [1.82, 2.24) is 0 Å². The highest BCUT2D eigenvalue weighted by Crippen LogP contribution is 2.38. The number of ether oxygens (including phenoxy) is 2. The van der Waals surface area contributed by atoms with Crippen molar-refractivity contribution in [3.63, 3.8) is 0 Å². The van der Waals surface area contributed by atoms with Crippen molar-refractivity contribution in [2.24, 2.45) is 0 Å². The molecular weight excluding hydrogens is 1060 g/mol. The zero-order chi connectivity index (χ0) is 61.2. The molecule has 0 radical (unpaired) electrons. The van der Waals surface area contributed by atoms with Gasteiger partial charge in [0.1, 0.15) is 19.8 Å². The van der Waals surface area contributed by atoms with Gasteiger partial charge in [-0.25, -0.2) is 0 Å². The molecule has 0 spiro atoms. The van der Waals surface area contributed by atoms with Crippen LogP contribution in [0.1, 0.15) is 348 Å². The minimum atomic E-state index is -4.64. The Labute approximate surface area is 521 Å². The Hall–Kier alpha value is -2.29. The van der Waals surface area contributed by atoms with E-state index >= 15 is 0 Å². The van der Waals surface area contributed by atoms with E-state index in [-0.39, 0.29) is 32.0 Å². The molecule has 0 aromatic carbocycles. The molecule has 492 valence electrons. The highest BCUT2D eigenvalue weighted by atomic mass is 31.2. The first-order valence-corrected chi connectivity index (χ1v) is 37.5. The van der Waals surface area contributed by atoms with Crippen LogP contribution in [0.3, 0.4) is 0 Å². The fraction of sp³-hybridized carbons (Fsp3) is 0.838. The molecule has 0 amide bonds. The smallest absolute Gasteiger partial charge is 0.306 e. The summed E-state index contributed by atoms with van der Waals surface area (Å²) in [7, 11) is 1.18. The molecule has 0 saturated carbocycles. The van der Waals surface area contributed by atoms with Crippen molar-refractivity contribution >= 4 is 19.8 Å². The van der Waals surface area contributed by atoms with Crippen LogP contribution >= 0.6 is 7.82 Å². The molecule has 0 aromatic rings. The van der Waals surface area contributed by atoms with Gasteiger partial charge >= 0.3 is 11.9 Å². The van der Waals surface area contributed by atoms with Gasteiger partial charge in [-0.2, -0.15) is 0 Å². The van der Waals surface area contributed by atoms with Crippen molar-refractivity contribution in [3.8, 4) is 0 Å². The van der Waals surface area contributed by atoms with Gasteiger partial charge < -0.3 is 27.9 Å². The molecule has 0 aromatic heterocycles. The number of rotatable bonds is 67. The second-order valence-corrected chi connectivity index (χ2v) is 27.0. The van der Waals surface area contributed by atoms with Crippen LogP contribution in [0.15, 0.2) is 60.8 Å². The first-order chi connectivity index (χ1) is 41.0. The third-order valence-electron chi connectivity index (χ3n) is 16.0. The summed E-state index contributed by atoms with van der Waals surface area (Å²) in [5, 5.41) is 0. The Kier molecular flexibility index (Phi) is 63.4. The average molecular weight is 1200 g/mol. The maximum absolute atomic E-state index is 12.9. The van der Waals surface area contributed by atoms with Crippen molar-refractivity contribution < 1.29 is 42.1 Å². The molecule has 84 heavy (non-hydrogen) atoms. The number of allylic oxidation sites excluding steroid dienone is 10. The number of phosphoric ester groups is 1. The molecule has 9 nitrogen and oxygen atoms in total. The van der Waals surface area contributed by atoms with Crippen LogP contribution in [0.2, 0.25) is 0 Å². The zero-order valence-corrected chi connectivity index (χ0v) is 57.0. The lowest BCUT2D eigenvalue weighted by Gasteiger charge is -2.28.